The van der Waals surface area contributed by atoms with Crippen molar-refractivity contribution in [2.45, 2.75) is 0 Å². The Labute approximate surface area is 166 Å². The zero-order valence-corrected chi connectivity index (χ0v) is 16.3. The number of benzene rings is 3. The first-order valence-corrected chi connectivity index (χ1v) is 9.19. The number of ketones is 1. The van der Waals surface area contributed by atoms with E-state index in [0.717, 1.165) is 4.47 Å². The highest BCUT2D eigenvalue weighted by atomic mass is 79.9. The third-order valence-corrected chi connectivity index (χ3v) is 4.62. The number of hydrogen-bond donors (Lipinski definition) is 0. The predicted octanol–water partition coefficient (Wildman–Crippen LogP) is 4.72. The van der Waals surface area contributed by atoms with Crippen LogP contribution < -0.4 is 9.64 Å². The molecule has 0 aliphatic carbocycles. The zero-order chi connectivity index (χ0) is 19.2. The molecule has 3 rings (SSSR count). The number of rotatable bonds is 6. The lowest BCUT2D eigenvalue weighted by Gasteiger charge is -2.20. The van der Waals surface area contributed by atoms with Crippen molar-refractivity contribution in [3.05, 3.63) is 94.5 Å². The molecule has 136 valence electrons. The molecule has 0 radical (unpaired) electrons. The predicted molar refractivity (Wildman–Crippen MR) is 109 cm³/mol. The Morgan fingerprint density at radius 3 is 2.22 bits per heavy atom. The van der Waals surface area contributed by atoms with Crippen LogP contribution in [0.25, 0.3) is 0 Å². The summed E-state index contributed by atoms with van der Waals surface area (Å²) >= 11 is 3.36. The van der Waals surface area contributed by atoms with Crippen molar-refractivity contribution in [1.29, 1.82) is 0 Å². The van der Waals surface area contributed by atoms with Gasteiger partial charge in [-0.15, -0.1) is 0 Å². The van der Waals surface area contributed by atoms with Gasteiger partial charge in [0.1, 0.15) is 5.75 Å². The SMILES string of the molecule is CN(C(=O)COc1ccc(Br)cc1)c1ccccc1C(=O)c1ccccc1. The molecular weight excluding hydrogens is 406 g/mol. The van der Waals surface area contributed by atoms with Crippen LogP contribution in [0.15, 0.2) is 83.3 Å². The third kappa shape index (κ3) is 4.63. The Bertz CT molecular complexity index is 939. The Balaban J connectivity index is 1.76. The summed E-state index contributed by atoms with van der Waals surface area (Å²) in [6.07, 6.45) is 0. The average Bonchev–Trinajstić information content (AvgIpc) is 2.72. The molecule has 0 unspecified atom stereocenters. The van der Waals surface area contributed by atoms with Crippen LogP contribution in [-0.2, 0) is 4.79 Å². The molecule has 3 aromatic rings. The summed E-state index contributed by atoms with van der Waals surface area (Å²) in [5, 5.41) is 0. The van der Waals surface area contributed by atoms with E-state index in [1.54, 1.807) is 55.6 Å². The molecule has 0 heterocycles. The minimum Gasteiger partial charge on any atom is -0.484 e. The van der Waals surface area contributed by atoms with E-state index >= 15 is 0 Å². The number of nitrogens with zero attached hydrogens (tertiary/aromatic N) is 1. The van der Waals surface area contributed by atoms with Crippen LogP contribution in [0.2, 0.25) is 0 Å². The fourth-order valence-electron chi connectivity index (χ4n) is 2.61. The van der Waals surface area contributed by atoms with Crippen LogP contribution >= 0.6 is 15.9 Å². The molecule has 0 saturated carbocycles. The molecule has 0 saturated heterocycles. The summed E-state index contributed by atoms with van der Waals surface area (Å²) in [6.45, 7) is -0.119. The van der Waals surface area contributed by atoms with Crippen molar-refractivity contribution in [1.82, 2.24) is 0 Å². The molecule has 0 fully saturated rings. The van der Waals surface area contributed by atoms with Crippen molar-refractivity contribution in [2.75, 3.05) is 18.6 Å². The number of anilines is 1. The van der Waals surface area contributed by atoms with Gasteiger partial charge in [0.25, 0.3) is 5.91 Å². The van der Waals surface area contributed by atoms with Gasteiger partial charge in [0.2, 0.25) is 0 Å². The molecular formula is C22H18BrNO3. The zero-order valence-electron chi connectivity index (χ0n) is 14.8. The van der Waals surface area contributed by atoms with Gasteiger partial charge in [-0.25, -0.2) is 0 Å². The van der Waals surface area contributed by atoms with E-state index in [-0.39, 0.29) is 18.3 Å². The van der Waals surface area contributed by atoms with E-state index in [1.165, 1.54) is 4.90 Å². The highest BCUT2D eigenvalue weighted by molar-refractivity contribution is 9.10. The number of carbonyl (C=O) groups is 2. The van der Waals surface area contributed by atoms with E-state index in [4.69, 9.17) is 4.74 Å². The van der Waals surface area contributed by atoms with Crippen molar-refractivity contribution < 1.29 is 14.3 Å². The molecule has 27 heavy (non-hydrogen) atoms. The molecule has 0 aromatic heterocycles. The minimum absolute atomic E-state index is 0.119. The molecule has 1 amide bonds. The number of hydrogen-bond acceptors (Lipinski definition) is 3. The van der Waals surface area contributed by atoms with Gasteiger partial charge in [-0.3, -0.25) is 9.59 Å². The van der Waals surface area contributed by atoms with Crippen LogP contribution in [0.4, 0.5) is 5.69 Å². The first-order valence-electron chi connectivity index (χ1n) is 8.40. The van der Waals surface area contributed by atoms with E-state index in [2.05, 4.69) is 15.9 Å². The van der Waals surface area contributed by atoms with Gasteiger partial charge in [-0.2, -0.15) is 0 Å². The van der Waals surface area contributed by atoms with Gasteiger partial charge >= 0.3 is 0 Å². The second-order valence-electron chi connectivity index (χ2n) is 5.91. The van der Waals surface area contributed by atoms with Gasteiger partial charge in [-0.05, 0) is 36.4 Å². The molecule has 0 N–H and O–H groups in total. The summed E-state index contributed by atoms with van der Waals surface area (Å²) in [6, 6.07) is 23.3. The van der Waals surface area contributed by atoms with Gasteiger partial charge in [-0.1, -0.05) is 58.4 Å². The van der Waals surface area contributed by atoms with Crippen molar-refractivity contribution in [2.24, 2.45) is 0 Å². The summed E-state index contributed by atoms with van der Waals surface area (Å²) in [4.78, 5) is 26.9. The first kappa shape index (κ1) is 18.9. The molecule has 4 nitrogen and oxygen atoms in total. The highest BCUT2D eigenvalue weighted by Gasteiger charge is 2.19. The van der Waals surface area contributed by atoms with Crippen molar-refractivity contribution >= 4 is 33.3 Å². The van der Waals surface area contributed by atoms with Crippen LogP contribution in [0.5, 0.6) is 5.75 Å². The highest BCUT2D eigenvalue weighted by Crippen LogP contribution is 2.23. The van der Waals surface area contributed by atoms with Gasteiger partial charge in [0.15, 0.2) is 12.4 Å². The number of carbonyl (C=O) groups excluding carboxylic acids is 2. The Morgan fingerprint density at radius 2 is 1.52 bits per heavy atom. The van der Waals surface area contributed by atoms with Crippen LogP contribution in [0.3, 0.4) is 0 Å². The first-order chi connectivity index (χ1) is 13.1. The number of ether oxygens (including phenoxy) is 1. The molecule has 5 heteroatoms. The molecule has 0 aliphatic heterocycles. The maximum absolute atomic E-state index is 12.8. The quantitative estimate of drug-likeness (QED) is 0.538. The standard InChI is InChI=1S/C22H18BrNO3/c1-24(21(25)15-27-18-13-11-17(23)12-14-18)20-10-6-5-9-19(20)22(26)16-7-3-2-4-8-16/h2-14H,15H2,1H3. The van der Waals surface area contributed by atoms with Gasteiger partial charge in [0.05, 0.1) is 5.69 Å². The van der Waals surface area contributed by atoms with Gasteiger partial charge in [0, 0.05) is 22.6 Å². The summed E-state index contributed by atoms with van der Waals surface area (Å²) in [7, 11) is 1.64. The van der Waals surface area contributed by atoms with Crippen LogP contribution in [-0.4, -0.2) is 25.3 Å². The number of halogens is 1. The van der Waals surface area contributed by atoms with Crippen molar-refractivity contribution in [3.63, 3.8) is 0 Å². The Morgan fingerprint density at radius 1 is 0.889 bits per heavy atom. The normalized spacial score (nSPS) is 10.3. The van der Waals surface area contributed by atoms with E-state index in [1.807, 2.05) is 30.3 Å². The minimum atomic E-state index is -0.244. The molecule has 0 atom stereocenters. The number of amides is 1. The molecule has 0 spiro atoms. The van der Waals surface area contributed by atoms with E-state index < -0.39 is 0 Å². The van der Waals surface area contributed by atoms with Gasteiger partial charge < -0.3 is 9.64 Å². The topological polar surface area (TPSA) is 46.6 Å². The largest absolute Gasteiger partial charge is 0.484 e. The third-order valence-electron chi connectivity index (χ3n) is 4.10. The number of likely N-dealkylation sites (N-methyl/N-ethyl adjacent to an activating group) is 1. The lowest BCUT2D eigenvalue weighted by molar-refractivity contribution is -0.120. The van der Waals surface area contributed by atoms with E-state index in [0.29, 0.717) is 22.6 Å². The fraction of sp³-hybridized carbons (Fsp3) is 0.0909. The summed E-state index contributed by atoms with van der Waals surface area (Å²) in [5.41, 5.74) is 1.61. The lowest BCUT2D eigenvalue weighted by atomic mass is 10.0. The second-order valence-corrected chi connectivity index (χ2v) is 6.82. The van der Waals surface area contributed by atoms with Crippen molar-refractivity contribution in [3.8, 4) is 5.75 Å². The molecule has 0 bridgehead atoms. The average molecular weight is 424 g/mol. The maximum Gasteiger partial charge on any atom is 0.264 e. The smallest absolute Gasteiger partial charge is 0.264 e. The summed E-state index contributed by atoms with van der Waals surface area (Å²) in [5.74, 6) is 0.236. The van der Waals surface area contributed by atoms with Crippen LogP contribution in [0, 0.1) is 0 Å². The van der Waals surface area contributed by atoms with Crippen LogP contribution in [0.1, 0.15) is 15.9 Å². The monoisotopic (exact) mass is 423 g/mol. The Kier molecular flexibility index (Phi) is 6.04. The lowest BCUT2D eigenvalue weighted by Crippen LogP contribution is -2.32. The van der Waals surface area contributed by atoms with E-state index in [9.17, 15) is 9.59 Å². The second kappa shape index (κ2) is 8.64. The Hall–Kier alpha value is -2.92. The maximum atomic E-state index is 12.8. The fourth-order valence-corrected chi connectivity index (χ4v) is 2.87. The summed E-state index contributed by atoms with van der Waals surface area (Å²) < 4.78 is 6.49. The number of para-hydroxylation sites is 1. The molecule has 0 aliphatic rings. The molecule has 3 aromatic carbocycles.